The maximum absolute atomic E-state index is 11.7. The van der Waals surface area contributed by atoms with Crippen LogP contribution in [0.2, 0.25) is 0 Å². The molecule has 3 heteroatoms. The van der Waals surface area contributed by atoms with Crippen LogP contribution in [0.4, 0.5) is 0 Å². The smallest absolute Gasteiger partial charge is 0.220 e. The third-order valence-electron chi connectivity index (χ3n) is 3.14. The Kier molecular flexibility index (Phi) is 5.55. The van der Waals surface area contributed by atoms with Gasteiger partial charge in [0.2, 0.25) is 5.91 Å². The quantitative estimate of drug-likeness (QED) is 0.858. The molecule has 1 unspecified atom stereocenters. The van der Waals surface area contributed by atoms with Crippen molar-refractivity contribution in [2.45, 2.75) is 46.6 Å². The molecule has 1 amide bonds. The van der Waals surface area contributed by atoms with E-state index in [0.717, 1.165) is 17.5 Å². The van der Waals surface area contributed by atoms with E-state index in [1.807, 2.05) is 31.2 Å². The van der Waals surface area contributed by atoms with Crippen molar-refractivity contribution in [3.05, 3.63) is 35.4 Å². The highest BCUT2D eigenvalue weighted by molar-refractivity contribution is 5.75. The van der Waals surface area contributed by atoms with Crippen molar-refractivity contribution in [3.8, 4) is 0 Å². The van der Waals surface area contributed by atoms with Crippen LogP contribution in [0, 0.1) is 12.3 Å². The van der Waals surface area contributed by atoms with Crippen molar-refractivity contribution >= 4 is 5.91 Å². The van der Waals surface area contributed by atoms with Crippen molar-refractivity contribution in [3.63, 3.8) is 0 Å². The summed E-state index contributed by atoms with van der Waals surface area (Å²) in [5, 5.41) is 12.9. The Balaban J connectivity index is 2.40. The van der Waals surface area contributed by atoms with Crippen LogP contribution < -0.4 is 5.32 Å². The lowest BCUT2D eigenvalue weighted by Gasteiger charge is -2.18. The van der Waals surface area contributed by atoms with Gasteiger partial charge in [0.15, 0.2) is 0 Å². The fourth-order valence-electron chi connectivity index (χ4n) is 1.86. The summed E-state index contributed by atoms with van der Waals surface area (Å²) < 4.78 is 0. The predicted molar refractivity (Wildman–Crippen MR) is 77.8 cm³/mol. The molecular formula is C16H25NO2. The summed E-state index contributed by atoms with van der Waals surface area (Å²) in [6, 6.07) is 7.68. The van der Waals surface area contributed by atoms with Crippen LogP contribution >= 0.6 is 0 Å². The van der Waals surface area contributed by atoms with E-state index in [0.29, 0.717) is 6.42 Å². The molecule has 2 N–H and O–H groups in total. The summed E-state index contributed by atoms with van der Waals surface area (Å²) in [6.45, 7) is 8.57. The average Bonchev–Trinajstić information content (AvgIpc) is 2.33. The van der Waals surface area contributed by atoms with Crippen LogP contribution in [-0.4, -0.2) is 17.6 Å². The standard InChI is InChI=1S/C16H25NO2/c1-12-7-5-6-8-13(12)14(18)11-17-15(19)9-10-16(2,3)4/h5-8,14,18H,9-11H2,1-4H3,(H,17,19). The van der Waals surface area contributed by atoms with Crippen molar-refractivity contribution in [2.24, 2.45) is 5.41 Å². The minimum atomic E-state index is -0.639. The molecule has 3 nitrogen and oxygen atoms in total. The van der Waals surface area contributed by atoms with E-state index >= 15 is 0 Å². The molecule has 0 bridgehead atoms. The number of aryl methyl sites for hydroxylation is 1. The van der Waals surface area contributed by atoms with Gasteiger partial charge >= 0.3 is 0 Å². The van der Waals surface area contributed by atoms with Crippen LogP contribution in [0.1, 0.15) is 50.8 Å². The molecule has 1 atom stereocenters. The lowest BCUT2D eigenvalue weighted by Crippen LogP contribution is -2.29. The highest BCUT2D eigenvalue weighted by Crippen LogP contribution is 2.20. The van der Waals surface area contributed by atoms with Gasteiger partial charge in [-0.2, -0.15) is 0 Å². The molecule has 0 aromatic heterocycles. The molecule has 0 radical (unpaired) electrons. The number of nitrogens with one attached hydrogen (secondary N) is 1. The molecule has 0 aliphatic carbocycles. The number of carbonyl (C=O) groups excluding carboxylic acids is 1. The molecule has 0 spiro atoms. The van der Waals surface area contributed by atoms with E-state index in [9.17, 15) is 9.90 Å². The van der Waals surface area contributed by atoms with Crippen LogP contribution in [-0.2, 0) is 4.79 Å². The zero-order chi connectivity index (χ0) is 14.5. The zero-order valence-corrected chi connectivity index (χ0v) is 12.4. The number of aliphatic hydroxyl groups is 1. The number of benzene rings is 1. The Morgan fingerprint density at radius 1 is 1.32 bits per heavy atom. The van der Waals surface area contributed by atoms with Gasteiger partial charge < -0.3 is 10.4 Å². The number of carbonyl (C=O) groups is 1. The molecule has 1 rings (SSSR count). The molecule has 19 heavy (non-hydrogen) atoms. The normalized spacial score (nSPS) is 13.1. The van der Waals surface area contributed by atoms with Crippen LogP contribution in [0.25, 0.3) is 0 Å². The maximum Gasteiger partial charge on any atom is 0.220 e. The van der Waals surface area contributed by atoms with E-state index in [-0.39, 0.29) is 17.9 Å². The van der Waals surface area contributed by atoms with Crippen molar-refractivity contribution in [1.29, 1.82) is 0 Å². The second-order valence-electron chi connectivity index (χ2n) is 6.24. The monoisotopic (exact) mass is 263 g/mol. The summed E-state index contributed by atoms with van der Waals surface area (Å²) in [5.74, 6) is 0.00237. The Hall–Kier alpha value is -1.35. The number of hydrogen-bond acceptors (Lipinski definition) is 2. The van der Waals surface area contributed by atoms with Crippen LogP contribution in [0.3, 0.4) is 0 Å². The SMILES string of the molecule is Cc1ccccc1C(O)CNC(=O)CCC(C)(C)C. The van der Waals surface area contributed by atoms with Crippen LogP contribution in [0.5, 0.6) is 0 Å². The molecule has 0 aliphatic rings. The number of amides is 1. The topological polar surface area (TPSA) is 49.3 Å². The largest absolute Gasteiger partial charge is 0.387 e. The van der Waals surface area contributed by atoms with E-state index < -0.39 is 6.10 Å². The molecule has 1 aromatic rings. The second-order valence-corrected chi connectivity index (χ2v) is 6.24. The minimum Gasteiger partial charge on any atom is -0.387 e. The van der Waals surface area contributed by atoms with Gasteiger partial charge in [-0.15, -0.1) is 0 Å². The van der Waals surface area contributed by atoms with Crippen molar-refractivity contribution in [1.82, 2.24) is 5.32 Å². The number of aliphatic hydroxyl groups excluding tert-OH is 1. The number of rotatable bonds is 5. The Labute approximate surface area is 116 Å². The fraction of sp³-hybridized carbons (Fsp3) is 0.562. The first kappa shape index (κ1) is 15.7. The van der Waals surface area contributed by atoms with Gasteiger partial charge in [0.25, 0.3) is 0 Å². The lowest BCUT2D eigenvalue weighted by molar-refractivity contribution is -0.122. The molecule has 0 aliphatic heterocycles. The molecular weight excluding hydrogens is 238 g/mol. The Bertz CT molecular complexity index is 421. The van der Waals surface area contributed by atoms with Crippen LogP contribution in [0.15, 0.2) is 24.3 Å². The van der Waals surface area contributed by atoms with Crippen molar-refractivity contribution < 1.29 is 9.90 Å². The first-order chi connectivity index (χ1) is 8.79. The van der Waals surface area contributed by atoms with E-state index in [2.05, 4.69) is 26.1 Å². The minimum absolute atomic E-state index is 0.00237. The molecule has 106 valence electrons. The molecule has 0 fully saturated rings. The highest BCUT2D eigenvalue weighted by Gasteiger charge is 2.14. The van der Waals surface area contributed by atoms with Gasteiger partial charge in [-0.25, -0.2) is 0 Å². The fourth-order valence-corrected chi connectivity index (χ4v) is 1.86. The summed E-state index contributed by atoms with van der Waals surface area (Å²) >= 11 is 0. The van der Waals surface area contributed by atoms with Gasteiger partial charge in [0, 0.05) is 13.0 Å². The van der Waals surface area contributed by atoms with Gasteiger partial charge in [0.1, 0.15) is 0 Å². The predicted octanol–water partition coefficient (Wildman–Crippen LogP) is 2.97. The second kappa shape index (κ2) is 6.71. The first-order valence-electron chi connectivity index (χ1n) is 6.80. The summed E-state index contributed by atoms with van der Waals surface area (Å²) in [5.41, 5.74) is 2.07. The molecule has 0 heterocycles. The Morgan fingerprint density at radius 2 is 1.95 bits per heavy atom. The third kappa shape index (κ3) is 5.88. The van der Waals surface area contributed by atoms with E-state index in [1.54, 1.807) is 0 Å². The van der Waals surface area contributed by atoms with Gasteiger partial charge in [-0.05, 0) is 29.9 Å². The number of hydrogen-bond donors (Lipinski definition) is 2. The Morgan fingerprint density at radius 3 is 2.53 bits per heavy atom. The molecule has 1 aromatic carbocycles. The summed E-state index contributed by atoms with van der Waals surface area (Å²) in [6.07, 6.45) is 0.711. The van der Waals surface area contributed by atoms with E-state index in [1.165, 1.54) is 0 Å². The van der Waals surface area contributed by atoms with Gasteiger partial charge in [-0.3, -0.25) is 4.79 Å². The summed E-state index contributed by atoms with van der Waals surface area (Å²) in [4.78, 5) is 11.7. The van der Waals surface area contributed by atoms with Crippen molar-refractivity contribution in [2.75, 3.05) is 6.54 Å². The zero-order valence-electron chi connectivity index (χ0n) is 12.4. The van der Waals surface area contributed by atoms with E-state index in [4.69, 9.17) is 0 Å². The average molecular weight is 263 g/mol. The first-order valence-corrected chi connectivity index (χ1v) is 6.80. The molecule has 0 saturated carbocycles. The lowest BCUT2D eigenvalue weighted by atomic mass is 9.90. The van der Waals surface area contributed by atoms with Gasteiger partial charge in [-0.1, -0.05) is 45.0 Å². The van der Waals surface area contributed by atoms with Gasteiger partial charge in [0.05, 0.1) is 6.10 Å². The maximum atomic E-state index is 11.7. The summed E-state index contributed by atoms with van der Waals surface area (Å²) in [7, 11) is 0. The third-order valence-corrected chi connectivity index (χ3v) is 3.14. The molecule has 0 saturated heterocycles. The highest BCUT2D eigenvalue weighted by atomic mass is 16.3.